The molecule has 0 saturated heterocycles. The Bertz CT molecular complexity index is 489. The van der Waals surface area contributed by atoms with Crippen LogP contribution in [-0.2, 0) is 4.79 Å². The van der Waals surface area contributed by atoms with Crippen LogP contribution < -0.4 is 5.32 Å². The van der Waals surface area contributed by atoms with Crippen LogP contribution >= 0.6 is 11.3 Å². The van der Waals surface area contributed by atoms with E-state index in [4.69, 9.17) is 5.11 Å². The van der Waals surface area contributed by atoms with Crippen LogP contribution in [0.4, 0.5) is 5.00 Å². The number of amides is 1. The van der Waals surface area contributed by atoms with Gasteiger partial charge in [0.1, 0.15) is 4.88 Å². The van der Waals surface area contributed by atoms with Crippen molar-refractivity contribution in [3.8, 4) is 0 Å². The largest absolute Gasteiger partial charge is 0.477 e. The molecule has 1 saturated carbocycles. The summed E-state index contributed by atoms with van der Waals surface area (Å²) in [4.78, 5) is 23.3. The average Bonchev–Trinajstić information content (AvgIpc) is 2.94. The zero-order chi connectivity index (χ0) is 15.2. The van der Waals surface area contributed by atoms with Crippen molar-refractivity contribution < 1.29 is 14.7 Å². The maximum atomic E-state index is 12.2. The van der Waals surface area contributed by atoms with E-state index in [0.717, 1.165) is 42.9 Å². The number of carboxylic acids is 1. The summed E-state index contributed by atoms with van der Waals surface area (Å²) in [6.45, 7) is 2.21. The molecule has 4 nitrogen and oxygen atoms in total. The van der Waals surface area contributed by atoms with E-state index >= 15 is 0 Å². The van der Waals surface area contributed by atoms with Gasteiger partial charge in [-0.2, -0.15) is 0 Å². The third-order valence-electron chi connectivity index (χ3n) is 4.25. The van der Waals surface area contributed by atoms with Crippen LogP contribution in [0.1, 0.15) is 61.5 Å². The van der Waals surface area contributed by atoms with Gasteiger partial charge in [-0.1, -0.05) is 26.2 Å². The average molecular weight is 309 g/mol. The number of anilines is 1. The van der Waals surface area contributed by atoms with Crippen molar-refractivity contribution in [1.82, 2.24) is 0 Å². The van der Waals surface area contributed by atoms with Gasteiger partial charge in [0.2, 0.25) is 5.91 Å². The summed E-state index contributed by atoms with van der Waals surface area (Å²) in [6.07, 6.45) is 8.01. The summed E-state index contributed by atoms with van der Waals surface area (Å²) in [5, 5.41) is 12.4. The van der Waals surface area contributed by atoms with E-state index in [1.165, 1.54) is 25.3 Å². The van der Waals surface area contributed by atoms with Gasteiger partial charge in [-0.25, -0.2) is 4.79 Å². The Kier molecular flexibility index (Phi) is 5.79. The molecule has 0 radical (unpaired) electrons. The lowest BCUT2D eigenvalue weighted by molar-refractivity contribution is -0.121. The van der Waals surface area contributed by atoms with E-state index in [9.17, 15) is 9.59 Å². The highest BCUT2D eigenvalue weighted by molar-refractivity contribution is 7.18. The molecule has 0 bridgehead atoms. The number of hydrogen-bond donors (Lipinski definition) is 2. The minimum Gasteiger partial charge on any atom is -0.477 e. The lowest BCUT2D eigenvalue weighted by Crippen LogP contribution is -2.26. The molecule has 5 heteroatoms. The summed E-state index contributed by atoms with van der Waals surface area (Å²) in [5.74, 6) is -0.0349. The van der Waals surface area contributed by atoms with Gasteiger partial charge in [0, 0.05) is 5.92 Å². The second kappa shape index (κ2) is 7.59. The summed E-state index contributed by atoms with van der Waals surface area (Å²) < 4.78 is 0. The highest BCUT2D eigenvalue weighted by Gasteiger charge is 2.26. The van der Waals surface area contributed by atoms with Gasteiger partial charge < -0.3 is 10.4 Å². The van der Waals surface area contributed by atoms with Crippen LogP contribution in [0.2, 0.25) is 0 Å². The summed E-state index contributed by atoms with van der Waals surface area (Å²) in [7, 11) is 0. The van der Waals surface area contributed by atoms with Gasteiger partial charge in [0.05, 0.1) is 5.00 Å². The first-order chi connectivity index (χ1) is 10.1. The SMILES string of the molecule is CCCCC1CCC(C(=O)Nc2ccc(C(=O)O)s2)CC1. The fourth-order valence-electron chi connectivity index (χ4n) is 2.95. The Balaban J connectivity index is 1.80. The second-order valence-electron chi connectivity index (χ2n) is 5.82. The zero-order valence-electron chi connectivity index (χ0n) is 12.4. The van der Waals surface area contributed by atoms with E-state index in [1.807, 2.05) is 0 Å². The van der Waals surface area contributed by atoms with E-state index in [2.05, 4.69) is 12.2 Å². The van der Waals surface area contributed by atoms with Gasteiger partial charge in [0.15, 0.2) is 0 Å². The van der Waals surface area contributed by atoms with Gasteiger partial charge >= 0.3 is 5.97 Å². The van der Waals surface area contributed by atoms with Crippen LogP contribution in [0.5, 0.6) is 0 Å². The molecule has 1 aliphatic carbocycles. The number of thiophene rings is 1. The van der Waals surface area contributed by atoms with Crippen molar-refractivity contribution in [2.75, 3.05) is 5.32 Å². The molecule has 0 atom stereocenters. The number of nitrogens with one attached hydrogen (secondary N) is 1. The molecule has 1 aliphatic rings. The minimum atomic E-state index is -0.947. The summed E-state index contributed by atoms with van der Waals surface area (Å²) >= 11 is 1.11. The molecule has 1 fully saturated rings. The molecule has 1 aromatic heterocycles. The van der Waals surface area contributed by atoms with Crippen molar-refractivity contribution in [1.29, 1.82) is 0 Å². The number of rotatable bonds is 6. The molecule has 2 rings (SSSR count). The Morgan fingerprint density at radius 2 is 2.00 bits per heavy atom. The van der Waals surface area contributed by atoms with Gasteiger partial charge in [0.25, 0.3) is 0 Å². The van der Waals surface area contributed by atoms with Crippen LogP contribution in [0, 0.1) is 11.8 Å². The van der Waals surface area contributed by atoms with E-state index in [0.29, 0.717) is 5.00 Å². The third kappa shape index (κ3) is 4.56. The van der Waals surface area contributed by atoms with Crippen LogP contribution in [0.25, 0.3) is 0 Å². The molecular weight excluding hydrogens is 286 g/mol. The Morgan fingerprint density at radius 3 is 2.57 bits per heavy atom. The lowest BCUT2D eigenvalue weighted by Gasteiger charge is -2.27. The van der Waals surface area contributed by atoms with Crippen LogP contribution in [0.3, 0.4) is 0 Å². The highest BCUT2D eigenvalue weighted by Crippen LogP contribution is 2.33. The first-order valence-electron chi connectivity index (χ1n) is 7.74. The number of hydrogen-bond acceptors (Lipinski definition) is 3. The highest BCUT2D eigenvalue weighted by atomic mass is 32.1. The molecular formula is C16H23NO3S. The van der Waals surface area contributed by atoms with Crippen molar-refractivity contribution in [3.05, 3.63) is 17.0 Å². The molecule has 1 amide bonds. The van der Waals surface area contributed by atoms with Crippen molar-refractivity contribution in [2.45, 2.75) is 51.9 Å². The predicted octanol–water partition coefficient (Wildman–Crippen LogP) is 4.38. The third-order valence-corrected chi connectivity index (χ3v) is 5.24. The lowest BCUT2D eigenvalue weighted by atomic mass is 9.79. The number of carbonyl (C=O) groups is 2. The van der Waals surface area contributed by atoms with E-state index in [1.54, 1.807) is 6.07 Å². The fraction of sp³-hybridized carbons (Fsp3) is 0.625. The zero-order valence-corrected chi connectivity index (χ0v) is 13.2. The maximum absolute atomic E-state index is 12.2. The monoisotopic (exact) mass is 309 g/mol. The van der Waals surface area contributed by atoms with Gasteiger partial charge in [-0.05, 0) is 43.7 Å². The molecule has 2 N–H and O–H groups in total. The molecule has 116 valence electrons. The van der Waals surface area contributed by atoms with Crippen LogP contribution in [0.15, 0.2) is 12.1 Å². The van der Waals surface area contributed by atoms with Crippen molar-refractivity contribution in [3.63, 3.8) is 0 Å². The first-order valence-corrected chi connectivity index (χ1v) is 8.55. The topological polar surface area (TPSA) is 66.4 Å². The van der Waals surface area contributed by atoms with Crippen molar-refractivity contribution >= 4 is 28.2 Å². The maximum Gasteiger partial charge on any atom is 0.345 e. The summed E-state index contributed by atoms with van der Waals surface area (Å²) in [6, 6.07) is 3.20. The normalized spacial score (nSPS) is 22.0. The predicted molar refractivity (Wildman–Crippen MR) is 84.9 cm³/mol. The second-order valence-corrected chi connectivity index (χ2v) is 6.90. The molecule has 1 aromatic rings. The fourth-order valence-corrected chi connectivity index (χ4v) is 3.70. The minimum absolute atomic E-state index is 0.0442. The van der Waals surface area contributed by atoms with Gasteiger partial charge in [-0.3, -0.25) is 4.79 Å². The first kappa shape index (κ1) is 16.0. The van der Waals surface area contributed by atoms with Gasteiger partial charge in [-0.15, -0.1) is 11.3 Å². The Hall–Kier alpha value is -1.36. The Labute approximate surface area is 129 Å². The molecule has 21 heavy (non-hydrogen) atoms. The standard InChI is InChI=1S/C16H23NO3S/c1-2-3-4-11-5-7-12(8-6-11)15(18)17-14-10-9-13(21-14)16(19)20/h9-12H,2-8H2,1H3,(H,17,18)(H,19,20). The number of carboxylic acid groups (broad SMARTS) is 1. The Morgan fingerprint density at radius 1 is 1.29 bits per heavy atom. The van der Waals surface area contributed by atoms with Crippen LogP contribution in [-0.4, -0.2) is 17.0 Å². The van der Waals surface area contributed by atoms with E-state index in [-0.39, 0.29) is 16.7 Å². The summed E-state index contributed by atoms with van der Waals surface area (Å²) in [5.41, 5.74) is 0. The molecule has 0 aromatic carbocycles. The smallest absolute Gasteiger partial charge is 0.345 e. The van der Waals surface area contributed by atoms with Crippen molar-refractivity contribution in [2.24, 2.45) is 11.8 Å². The van der Waals surface area contributed by atoms with E-state index < -0.39 is 5.97 Å². The molecule has 1 heterocycles. The molecule has 0 unspecified atom stereocenters. The quantitative estimate of drug-likeness (QED) is 0.819. The number of unbranched alkanes of at least 4 members (excludes halogenated alkanes) is 1. The number of carbonyl (C=O) groups excluding carboxylic acids is 1. The molecule has 0 aliphatic heterocycles. The number of aromatic carboxylic acids is 1. The molecule has 0 spiro atoms.